The van der Waals surface area contributed by atoms with Gasteiger partial charge in [-0.15, -0.1) is 0 Å². The summed E-state index contributed by atoms with van der Waals surface area (Å²) in [6.45, 7) is 4.10. The van der Waals surface area contributed by atoms with Gasteiger partial charge in [-0.2, -0.15) is 10.4 Å². The van der Waals surface area contributed by atoms with Crippen molar-refractivity contribution in [3.05, 3.63) is 96.0 Å². The molecule has 6 rings (SSSR count). The van der Waals surface area contributed by atoms with Crippen LogP contribution in [-0.4, -0.2) is 25.5 Å². The van der Waals surface area contributed by atoms with Gasteiger partial charge in [0.1, 0.15) is 11.8 Å². The number of ketones is 1. The molecule has 2 aliphatic carbocycles. The fourth-order valence-corrected chi connectivity index (χ4v) is 6.03. The lowest BCUT2D eigenvalue weighted by atomic mass is 9.58. The monoisotopic (exact) mass is 471 g/mol. The molecule has 0 saturated heterocycles. The van der Waals surface area contributed by atoms with Crippen LogP contribution >= 0.6 is 0 Å². The number of fused-ring (bicyclic) bond motifs is 3. The average Bonchev–Trinajstić information content (AvgIpc) is 3.33. The van der Waals surface area contributed by atoms with E-state index in [2.05, 4.69) is 18.0 Å². The van der Waals surface area contributed by atoms with Crippen molar-refractivity contribution in [2.45, 2.75) is 32.1 Å². The second-order valence-electron chi connectivity index (χ2n) is 9.82. The van der Waals surface area contributed by atoms with Crippen molar-refractivity contribution in [2.24, 2.45) is 11.8 Å². The summed E-state index contributed by atoms with van der Waals surface area (Å²) in [6.07, 6.45) is 7.15. The number of benzene rings is 1. The highest BCUT2D eigenvalue weighted by atomic mass is 16.1. The van der Waals surface area contributed by atoms with E-state index >= 15 is 0 Å². The lowest BCUT2D eigenvalue weighted by Crippen LogP contribution is -2.46. The molecule has 36 heavy (non-hydrogen) atoms. The highest BCUT2D eigenvalue weighted by Gasteiger charge is 2.50. The summed E-state index contributed by atoms with van der Waals surface area (Å²) in [5.74, 6) is -0.213. The molecule has 6 nitrogen and oxygen atoms in total. The molecule has 3 heterocycles. The second kappa shape index (κ2) is 8.39. The summed E-state index contributed by atoms with van der Waals surface area (Å²) >= 11 is 0. The minimum absolute atomic E-state index is 0.0617. The quantitative estimate of drug-likeness (QED) is 0.395. The Morgan fingerprint density at radius 3 is 2.53 bits per heavy atom. The van der Waals surface area contributed by atoms with Crippen molar-refractivity contribution in [2.75, 3.05) is 0 Å². The van der Waals surface area contributed by atoms with Crippen molar-refractivity contribution in [1.82, 2.24) is 19.7 Å². The molecule has 0 spiro atoms. The third kappa shape index (κ3) is 3.31. The Morgan fingerprint density at radius 2 is 1.83 bits per heavy atom. The molecule has 3 aromatic heterocycles. The SMILES string of the molecule is C[C@H]1C(=O)C(C#N)=C[C@@]2(C)c3c(c(-c4ccccn4)nn3-c3ccc(-c4ccccc4)nc3)CC[C@H]12. The van der Waals surface area contributed by atoms with Crippen LogP contribution < -0.4 is 0 Å². The molecular formula is C30H25N5O. The molecule has 0 saturated carbocycles. The number of carbonyl (C=O) groups excluding carboxylic acids is 1. The van der Waals surface area contributed by atoms with Gasteiger partial charge in [-0.25, -0.2) is 4.68 Å². The van der Waals surface area contributed by atoms with Crippen LogP contribution in [0.1, 0.15) is 31.5 Å². The van der Waals surface area contributed by atoms with Gasteiger partial charge >= 0.3 is 0 Å². The van der Waals surface area contributed by atoms with Gasteiger partial charge in [0.25, 0.3) is 0 Å². The topological polar surface area (TPSA) is 84.5 Å². The molecule has 0 unspecified atom stereocenters. The van der Waals surface area contributed by atoms with E-state index in [1.807, 2.05) is 84.5 Å². The highest BCUT2D eigenvalue weighted by molar-refractivity contribution is 6.02. The molecule has 2 aliphatic rings. The first-order chi connectivity index (χ1) is 17.5. The molecule has 176 valence electrons. The number of nitriles is 1. The molecule has 6 heteroatoms. The van der Waals surface area contributed by atoms with Crippen molar-refractivity contribution in [1.29, 1.82) is 5.26 Å². The van der Waals surface area contributed by atoms with Gasteiger partial charge in [0.05, 0.1) is 34.5 Å². The smallest absolute Gasteiger partial charge is 0.176 e. The van der Waals surface area contributed by atoms with Crippen LogP contribution in [0.4, 0.5) is 0 Å². The normalized spacial score (nSPS) is 22.8. The molecule has 1 aromatic carbocycles. The molecule has 0 amide bonds. The Bertz CT molecular complexity index is 1530. The molecule has 0 N–H and O–H groups in total. The van der Waals surface area contributed by atoms with Crippen LogP contribution in [0.5, 0.6) is 0 Å². The first kappa shape index (κ1) is 22.1. The molecule has 0 aliphatic heterocycles. The zero-order valence-electron chi connectivity index (χ0n) is 20.2. The van der Waals surface area contributed by atoms with E-state index in [-0.39, 0.29) is 23.2 Å². The molecule has 3 atom stereocenters. The summed E-state index contributed by atoms with van der Waals surface area (Å²) in [5.41, 5.74) is 6.28. The van der Waals surface area contributed by atoms with Gasteiger partial charge in [-0.3, -0.25) is 14.8 Å². The average molecular weight is 472 g/mol. The van der Waals surface area contributed by atoms with Crippen LogP contribution in [0.15, 0.2) is 84.7 Å². The number of nitrogens with zero attached hydrogens (tertiary/aromatic N) is 5. The second-order valence-corrected chi connectivity index (χ2v) is 9.82. The van der Waals surface area contributed by atoms with E-state index in [4.69, 9.17) is 10.1 Å². The first-order valence-electron chi connectivity index (χ1n) is 12.2. The van der Waals surface area contributed by atoms with Gasteiger partial charge in [-0.1, -0.05) is 56.3 Å². The number of Topliss-reactive ketones (excluding diaryl/α,β-unsaturated/α-hetero) is 1. The number of hydrogen-bond acceptors (Lipinski definition) is 5. The van der Waals surface area contributed by atoms with E-state index in [1.165, 1.54) is 0 Å². The predicted molar refractivity (Wildman–Crippen MR) is 137 cm³/mol. The summed E-state index contributed by atoms with van der Waals surface area (Å²) in [6, 6.07) is 22.1. The molecule has 0 bridgehead atoms. The molecular weight excluding hydrogens is 446 g/mol. The lowest BCUT2D eigenvalue weighted by Gasteiger charge is -2.45. The van der Waals surface area contributed by atoms with Crippen molar-refractivity contribution in [3.63, 3.8) is 0 Å². The Hall–Kier alpha value is -4.37. The predicted octanol–water partition coefficient (Wildman–Crippen LogP) is 5.49. The Morgan fingerprint density at radius 1 is 1.03 bits per heavy atom. The van der Waals surface area contributed by atoms with Gasteiger partial charge in [0, 0.05) is 28.7 Å². The van der Waals surface area contributed by atoms with Crippen molar-refractivity contribution in [3.8, 4) is 34.4 Å². The Balaban J connectivity index is 1.57. The van der Waals surface area contributed by atoms with E-state index in [1.54, 1.807) is 6.20 Å². The van der Waals surface area contributed by atoms with Crippen molar-refractivity contribution >= 4 is 5.78 Å². The number of rotatable bonds is 3. The minimum atomic E-state index is -0.524. The van der Waals surface area contributed by atoms with Gasteiger partial charge < -0.3 is 0 Å². The largest absolute Gasteiger partial charge is 0.293 e. The van der Waals surface area contributed by atoms with Crippen LogP contribution in [0.2, 0.25) is 0 Å². The van der Waals surface area contributed by atoms with E-state index in [9.17, 15) is 10.1 Å². The Kier molecular flexibility index (Phi) is 5.15. The summed E-state index contributed by atoms with van der Waals surface area (Å²) in [5, 5.41) is 14.8. The third-order valence-electron chi connectivity index (χ3n) is 7.79. The molecule has 0 fully saturated rings. The maximum Gasteiger partial charge on any atom is 0.176 e. The van der Waals surface area contributed by atoms with Crippen LogP contribution in [-0.2, 0) is 16.6 Å². The lowest BCUT2D eigenvalue weighted by molar-refractivity contribution is -0.121. The van der Waals surface area contributed by atoms with E-state index in [0.717, 1.165) is 52.4 Å². The number of aromatic nitrogens is 4. The Labute approximate surface area is 210 Å². The zero-order chi connectivity index (χ0) is 24.9. The third-order valence-corrected chi connectivity index (χ3v) is 7.79. The fourth-order valence-electron chi connectivity index (χ4n) is 6.03. The van der Waals surface area contributed by atoms with Crippen molar-refractivity contribution < 1.29 is 4.79 Å². The molecule has 4 aromatic rings. The summed E-state index contributed by atoms with van der Waals surface area (Å²) in [7, 11) is 0. The minimum Gasteiger partial charge on any atom is -0.293 e. The summed E-state index contributed by atoms with van der Waals surface area (Å²) < 4.78 is 1.96. The number of hydrogen-bond donors (Lipinski definition) is 0. The molecule has 0 radical (unpaired) electrons. The van der Waals surface area contributed by atoms with E-state index < -0.39 is 5.41 Å². The van der Waals surface area contributed by atoms with Gasteiger partial charge in [0.2, 0.25) is 0 Å². The maximum atomic E-state index is 12.9. The highest BCUT2D eigenvalue weighted by Crippen LogP contribution is 2.51. The van der Waals surface area contributed by atoms with Crippen LogP contribution in [0, 0.1) is 23.2 Å². The first-order valence-corrected chi connectivity index (χ1v) is 12.2. The zero-order valence-corrected chi connectivity index (χ0v) is 20.2. The van der Waals surface area contributed by atoms with Gasteiger partial charge in [-0.05, 0) is 43.0 Å². The maximum absolute atomic E-state index is 12.9. The number of pyridine rings is 2. The van der Waals surface area contributed by atoms with Crippen LogP contribution in [0.25, 0.3) is 28.3 Å². The standard InChI is InChI=1S/C30H25N5O/c1-19-24-13-12-23-27(26-10-6-7-15-32-26)34-35(29(23)30(24,2)16-21(17-31)28(19)36)22-11-14-25(33-18-22)20-8-4-3-5-9-20/h3-11,14-16,18-19,24H,12-13H2,1-2H3/t19-,24-,30-/m1/s1. The number of carbonyl (C=O) groups is 1. The fraction of sp³-hybridized carbons (Fsp3) is 0.233. The van der Waals surface area contributed by atoms with E-state index in [0.29, 0.717) is 0 Å². The van der Waals surface area contributed by atoms with Crippen LogP contribution in [0.3, 0.4) is 0 Å². The van der Waals surface area contributed by atoms with Gasteiger partial charge in [0.15, 0.2) is 5.78 Å². The number of allylic oxidation sites excluding steroid dienone is 2. The summed E-state index contributed by atoms with van der Waals surface area (Å²) in [4.78, 5) is 22.2.